The Balaban J connectivity index is 1.96. The normalized spacial score (nSPS) is 32.3. The Bertz CT molecular complexity index is 243. The van der Waals surface area contributed by atoms with E-state index in [-0.39, 0.29) is 0 Å². The number of nitrogens with one attached hydrogen (secondary N) is 1. The van der Waals surface area contributed by atoms with E-state index in [0.717, 1.165) is 23.9 Å². The maximum atomic E-state index is 3.86. The molecule has 2 atom stereocenters. The molecule has 0 bridgehead atoms. The fourth-order valence-corrected chi connectivity index (χ4v) is 3.88. The first kappa shape index (κ1) is 14.3. The van der Waals surface area contributed by atoms with Crippen LogP contribution in [0.2, 0.25) is 0 Å². The second kappa shape index (κ2) is 6.38. The fourth-order valence-electron chi connectivity index (χ4n) is 3.88. The van der Waals surface area contributed by atoms with Crippen molar-refractivity contribution in [1.82, 2.24) is 10.2 Å². The predicted octanol–water partition coefficient (Wildman–Crippen LogP) is 3.27. The molecule has 0 aromatic rings. The molecule has 0 spiro atoms. The lowest BCUT2D eigenvalue weighted by atomic mass is 9.82. The molecule has 1 heterocycles. The van der Waals surface area contributed by atoms with E-state index in [1.165, 1.54) is 45.2 Å². The van der Waals surface area contributed by atoms with Crippen molar-refractivity contribution < 1.29 is 0 Å². The highest BCUT2D eigenvalue weighted by Gasteiger charge is 2.34. The molecule has 18 heavy (non-hydrogen) atoms. The molecule has 2 nitrogen and oxygen atoms in total. The third-order valence-electron chi connectivity index (χ3n) is 5.07. The van der Waals surface area contributed by atoms with Gasteiger partial charge in [-0.3, -0.25) is 4.90 Å². The van der Waals surface area contributed by atoms with Crippen LogP contribution in [0, 0.1) is 11.8 Å². The van der Waals surface area contributed by atoms with Crippen LogP contribution >= 0.6 is 0 Å². The van der Waals surface area contributed by atoms with Gasteiger partial charge in [-0.2, -0.15) is 0 Å². The summed E-state index contributed by atoms with van der Waals surface area (Å²) in [6, 6.07) is 2.16. The fraction of sp³-hybridized carbons (Fsp3) is 1.00. The molecular weight excluding hydrogens is 220 g/mol. The number of nitrogens with zero attached hydrogens (tertiary/aromatic N) is 1. The van der Waals surface area contributed by atoms with Gasteiger partial charge in [0.15, 0.2) is 0 Å². The van der Waals surface area contributed by atoms with E-state index in [2.05, 4.69) is 37.9 Å². The van der Waals surface area contributed by atoms with Crippen LogP contribution in [0.15, 0.2) is 0 Å². The smallest absolute Gasteiger partial charge is 0.0247 e. The van der Waals surface area contributed by atoms with Crippen molar-refractivity contribution >= 4 is 0 Å². The molecule has 0 aromatic heterocycles. The molecule has 0 aromatic carbocycles. The maximum Gasteiger partial charge on any atom is 0.0247 e. The van der Waals surface area contributed by atoms with Crippen molar-refractivity contribution in [3.8, 4) is 0 Å². The summed E-state index contributed by atoms with van der Waals surface area (Å²) in [7, 11) is 0. The Hall–Kier alpha value is -0.0800. The van der Waals surface area contributed by atoms with Crippen LogP contribution < -0.4 is 5.32 Å². The lowest BCUT2D eigenvalue weighted by Crippen LogP contribution is -2.62. The minimum Gasteiger partial charge on any atom is -0.311 e. The van der Waals surface area contributed by atoms with Gasteiger partial charge < -0.3 is 5.32 Å². The molecule has 0 radical (unpaired) electrons. The van der Waals surface area contributed by atoms with E-state index < -0.39 is 0 Å². The first-order valence-corrected chi connectivity index (χ1v) is 8.08. The molecule has 1 aliphatic heterocycles. The minimum absolute atomic E-state index is 0.686. The number of hydrogen-bond donors (Lipinski definition) is 1. The zero-order valence-corrected chi connectivity index (χ0v) is 12.8. The zero-order valence-electron chi connectivity index (χ0n) is 12.8. The Labute approximate surface area is 114 Å². The van der Waals surface area contributed by atoms with Gasteiger partial charge in [0.05, 0.1) is 0 Å². The van der Waals surface area contributed by atoms with E-state index in [9.17, 15) is 0 Å². The first-order chi connectivity index (χ1) is 8.59. The highest BCUT2D eigenvalue weighted by Crippen LogP contribution is 2.29. The summed E-state index contributed by atoms with van der Waals surface area (Å²) in [6.07, 6.45) is 7.29. The Morgan fingerprint density at radius 3 is 2.22 bits per heavy atom. The van der Waals surface area contributed by atoms with Gasteiger partial charge in [-0.05, 0) is 38.5 Å². The molecule has 0 amide bonds. The van der Waals surface area contributed by atoms with Gasteiger partial charge in [0.2, 0.25) is 0 Å². The van der Waals surface area contributed by atoms with Crippen molar-refractivity contribution in [3.63, 3.8) is 0 Å². The molecule has 1 saturated heterocycles. The maximum absolute atomic E-state index is 3.86. The quantitative estimate of drug-likeness (QED) is 0.829. The zero-order chi connectivity index (χ0) is 13.1. The minimum atomic E-state index is 0.686. The summed E-state index contributed by atoms with van der Waals surface area (Å²) >= 11 is 0. The summed E-state index contributed by atoms with van der Waals surface area (Å²) in [5.74, 6) is 1.69. The highest BCUT2D eigenvalue weighted by molar-refractivity contribution is 4.92. The van der Waals surface area contributed by atoms with Gasteiger partial charge in [-0.25, -0.2) is 0 Å². The molecule has 1 N–H and O–H groups in total. The van der Waals surface area contributed by atoms with Crippen LogP contribution in [0.25, 0.3) is 0 Å². The summed E-state index contributed by atoms with van der Waals surface area (Å²) in [6.45, 7) is 11.9. The van der Waals surface area contributed by atoms with Gasteiger partial charge in [0.1, 0.15) is 0 Å². The van der Waals surface area contributed by atoms with Crippen LogP contribution in [0.3, 0.4) is 0 Å². The van der Waals surface area contributed by atoms with Crippen molar-refractivity contribution in [2.24, 2.45) is 11.8 Å². The SMILES string of the molecule is CC(C)C1CNC(C2CCCCC2)CN1C(C)C. The van der Waals surface area contributed by atoms with Gasteiger partial charge in [-0.15, -0.1) is 0 Å². The Kier molecular flexibility index (Phi) is 5.08. The monoisotopic (exact) mass is 252 g/mol. The molecule has 1 saturated carbocycles. The highest BCUT2D eigenvalue weighted by atomic mass is 15.3. The van der Waals surface area contributed by atoms with Crippen LogP contribution in [0.1, 0.15) is 59.8 Å². The van der Waals surface area contributed by atoms with Crippen LogP contribution in [-0.2, 0) is 0 Å². The topological polar surface area (TPSA) is 15.3 Å². The number of hydrogen-bond acceptors (Lipinski definition) is 2. The van der Waals surface area contributed by atoms with E-state index in [1.807, 2.05) is 0 Å². The van der Waals surface area contributed by atoms with E-state index in [1.54, 1.807) is 0 Å². The van der Waals surface area contributed by atoms with Crippen LogP contribution in [0.4, 0.5) is 0 Å². The second-order valence-corrected chi connectivity index (χ2v) is 7.01. The van der Waals surface area contributed by atoms with E-state index >= 15 is 0 Å². The first-order valence-electron chi connectivity index (χ1n) is 8.08. The van der Waals surface area contributed by atoms with Crippen LogP contribution in [0.5, 0.6) is 0 Å². The van der Waals surface area contributed by atoms with Gasteiger partial charge in [0.25, 0.3) is 0 Å². The largest absolute Gasteiger partial charge is 0.311 e. The summed E-state index contributed by atoms with van der Waals surface area (Å²) in [4.78, 5) is 2.75. The Morgan fingerprint density at radius 2 is 1.67 bits per heavy atom. The third kappa shape index (κ3) is 3.27. The Morgan fingerprint density at radius 1 is 1.00 bits per heavy atom. The van der Waals surface area contributed by atoms with Gasteiger partial charge in [-0.1, -0.05) is 33.1 Å². The number of rotatable bonds is 3. The lowest BCUT2D eigenvalue weighted by molar-refractivity contribution is 0.0479. The number of piperazine rings is 1. The standard InChI is InChI=1S/C16H32N2/c1-12(2)16-10-17-15(11-18(16)13(3)4)14-8-6-5-7-9-14/h12-17H,5-11H2,1-4H3. The molecular formula is C16H32N2. The van der Waals surface area contributed by atoms with E-state index in [0.29, 0.717) is 6.04 Å². The van der Waals surface area contributed by atoms with Crippen LogP contribution in [-0.4, -0.2) is 36.1 Å². The molecule has 2 unspecified atom stereocenters. The van der Waals surface area contributed by atoms with Gasteiger partial charge in [0, 0.05) is 31.2 Å². The summed E-state index contributed by atoms with van der Waals surface area (Å²) in [5, 5.41) is 3.86. The lowest BCUT2D eigenvalue weighted by Gasteiger charge is -2.47. The van der Waals surface area contributed by atoms with Crippen molar-refractivity contribution in [2.75, 3.05) is 13.1 Å². The molecule has 1 aliphatic carbocycles. The molecule has 2 aliphatic rings. The van der Waals surface area contributed by atoms with Crippen molar-refractivity contribution in [3.05, 3.63) is 0 Å². The average molecular weight is 252 g/mol. The van der Waals surface area contributed by atoms with Gasteiger partial charge >= 0.3 is 0 Å². The third-order valence-corrected chi connectivity index (χ3v) is 5.07. The van der Waals surface area contributed by atoms with Crippen molar-refractivity contribution in [1.29, 1.82) is 0 Å². The molecule has 106 valence electrons. The van der Waals surface area contributed by atoms with Crippen molar-refractivity contribution in [2.45, 2.75) is 77.9 Å². The summed E-state index contributed by atoms with van der Waals surface area (Å²) < 4.78 is 0. The summed E-state index contributed by atoms with van der Waals surface area (Å²) in [5.41, 5.74) is 0. The molecule has 2 heteroatoms. The predicted molar refractivity (Wildman–Crippen MR) is 78.8 cm³/mol. The molecule has 2 fully saturated rings. The molecule has 2 rings (SSSR count). The second-order valence-electron chi connectivity index (χ2n) is 7.01. The average Bonchev–Trinajstić information content (AvgIpc) is 2.39. The van der Waals surface area contributed by atoms with E-state index in [4.69, 9.17) is 0 Å².